The van der Waals surface area contributed by atoms with Crippen LogP contribution in [0.25, 0.3) is 22.3 Å². The molecular formula is C24H22N2O2. The minimum atomic E-state index is -0.162. The Kier molecular flexibility index (Phi) is 4.47. The van der Waals surface area contributed by atoms with Gasteiger partial charge in [0.15, 0.2) is 0 Å². The van der Waals surface area contributed by atoms with E-state index in [-0.39, 0.29) is 11.0 Å². The zero-order valence-electron chi connectivity index (χ0n) is 16.2. The molecule has 0 aliphatic rings. The summed E-state index contributed by atoms with van der Waals surface area (Å²) >= 11 is 0. The lowest BCUT2D eigenvalue weighted by Crippen LogP contribution is -2.11. The van der Waals surface area contributed by atoms with Crippen LogP contribution < -0.4 is 10.3 Å². The summed E-state index contributed by atoms with van der Waals surface area (Å²) in [5, 5.41) is 0.572. The monoisotopic (exact) mass is 370 g/mol. The summed E-state index contributed by atoms with van der Waals surface area (Å²) < 4.78 is 6.19. The van der Waals surface area contributed by atoms with Crippen LogP contribution in [0.2, 0.25) is 0 Å². The third-order valence-corrected chi connectivity index (χ3v) is 4.68. The van der Waals surface area contributed by atoms with E-state index >= 15 is 0 Å². The Hall–Kier alpha value is -3.40. The molecule has 1 heterocycles. The number of H-pyrrole nitrogens is 1. The molecule has 1 N–H and O–H groups in total. The minimum Gasteiger partial charge on any atom is -0.457 e. The van der Waals surface area contributed by atoms with Crippen LogP contribution in [0.4, 0.5) is 0 Å². The summed E-state index contributed by atoms with van der Waals surface area (Å²) in [5.41, 5.74) is 2.46. The molecule has 4 nitrogen and oxygen atoms in total. The van der Waals surface area contributed by atoms with Crippen LogP contribution in [0.3, 0.4) is 0 Å². The number of aromatic amines is 1. The van der Waals surface area contributed by atoms with Crippen LogP contribution in [0.1, 0.15) is 26.3 Å². The number of benzene rings is 3. The van der Waals surface area contributed by atoms with Crippen molar-refractivity contribution in [3.05, 3.63) is 88.7 Å². The van der Waals surface area contributed by atoms with E-state index in [0.717, 1.165) is 11.3 Å². The van der Waals surface area contributed by atoms with Crippen molar-refractivity contribution in [2.45, 2.75) is 26.2 Å². The van der Waals surface area contributed by atoms with Gasteiger partial charge in [0.05, 0.1) is 16.5 Å². The number of hydrogen-bond donors (Lipinski definition) is 1. The molecule has 1 aromatic heterocycles. The molecule has 4 heteroatoms. The van der Waals surface area contributed by atoms with Gasteiger partial charge in [-0.25, -0.2) is 4.98 Å². The average molecular weight is 370 g/mol. The van der Waals surface area contributed by atoms with Crippen LogP contribution in [0.15, 0.2) is 77.6 Å². The van der Waals surface area contributed by atoms with Crippen LogP contribution in [0, 0.1) is 0 Å². The van der Waals surface area contributed by atoms with Crippen LogP contribution in [0.5, 0.6) is 11.5 Å². The quantitative estimate of drug-likeness (QED) is 0.505. The Morgan fingerprint density at radius 1 is 0.893 bits per heavy atom. The molecule has 0 aliphatic heterocycles. The van der Waals surface area contributed by atoms with Crippen molar-refractivity contribution in [2.75, 3.05) is 0 Å². The standard InChI is InChI=1S/C24H22N2O2/c1-24(2,3)16-9-8-10-17(15-16)28-21-14-7-5-12-19(21)22-25-20-13-6-4-11-18(20)23(27)26-22/h4-15H,1-3H3,(H,25,26,27). The Balaban J connectivity index is 1.78. The van der Waals surface area contributed by atoms with E-state index in [2.05, 4.69) is 36.8 Å². The first-order valence-corrected chi connectivity index (χ1v) is 9.29. The second-order valence-corrected chi connectivity index (χ2v) is 7.81. The highest BCUT2D eigenvalue weighted by Crippen LogP contribution is 2.33. The SMILES string of the molecule is CC(C)(C)c1cccc(Oc2ccccc2-c2nc3ccccc3c(=O)[nH]2)c1. The van der Waals surface area contributed by atoms with E-state index in [1.54, 1.807) is 6.07 Å². The fourth-order valence-corrected chi connectivity index (χ4v) is 3.12. The molecule has 28 heavy (non-hydrogen) atoms. The summed E-state index contributed by atoms with van der Waals surface area (Å²) in [6, 6.07) is 23.0. The number of rotatable bonds is 3. The lowest BCUT2D eigenvalue weighted by Gasteiger charge is -2.20. The predicted octanol–water partition coefficient (Wildman–Crippen LogP) is 5.68. The topological polar surface area (TPSA) is 55.0 Å². The van der Waals surface area contributed by atoms with E-state index < -0.39 is 0 Å². The second kappa shape index (κ2) is 6.97. The number of aromatic nitrogens is 2. The second-order valence-electron chi connectivity index (χ2n) is 7.81. The van der Waals surface area contributed by atoms with Gasteiger partial charge in [0.1, 0.15) is 17.3 Å². The average Bonchev–Trinajstić information content (AvgIpc) is 2.68. The molecule has 0 fully saturated rings. The third kappa shape index (κ3) is 3.54. The maximum atomic E-state index is 12.5. The fourth-order valence-electron chi connectivity index (χ4n) is 3.12. The van der Waals surface area contributed by atoms with Crippen molar-refractivity contribution < 1.29 is 4.74 Å². The normalized spacial score (nSPS) is 11.5. The predicted molar refractivity (Wildman–Crippen MR) is 113 cm³/mol. The Bertz CT molecular complexity index is 1200. The Morgan fingerprint density at radius 3 is 2.46 bits per heavy atom. The number of fused-ring (bicyclic) bond motifs is 1. The van der Waals surface area contributed by atoms with Crippen molar-refractivity contribution in [1.82, 2.24) is 9.97 Å². The maximum absolute atomic E-state index is 12.5. The molecule has 4 rings (SSSR count). The van der Waals surface area contributed by atoms with Gasteiger partial charge >= 0.3 is 0 Å². The number of nitrogens with zero attached hydrogens (tertiary/aromatic N) is 1. The summed E-state index contributed by atoms with van der Waals surface area (Å²) in [6.07, 6.45) is 0. The molecule has 0 atom stereocenters. The number of hydrogen-bond acceptors (Lipinski definition) is 3. The van der Waals surface area contributed by atoms with Gasteiger partial charge in [-0.1, -0.05) is 57.2 Å². The molecule has 0 aliphatic carbocycles. The number of ether oxygens (including phenoxy) is 1. The zero-order valence-corrected chi connectivity index (χ0v) is 16.2. The van der Waals surface area contributed by atoms with Gasteiger partial charge in [-0.2, -0.15) is 0 Å². The van der Waals surface area contributed by atoms with Gasteiger partial charge in [0, 0.05) is 0 Å². The molecule has 0 unspecified atom stereocenters. The fraction of sp³-hybridized carbons (Fsp3) is 0.167. The number of para-hydroxylation sites is 2. The third-order valence-electron chi connectivity index (χ3n) is 4.68. The van der Waals surface area contributed by atoms with Gasteiger partial charge in [0.2, 0.25) is 0 Å². The minimum absolute atomic E-state index is 0.0318. The molecular weight excluding hydrogens is 348 g/mol. The Labute approximate surface area is 163 Å². The largest absolute Gasteiger partial charge is 0.457 e. The molecule has 3 aromatic carbocycles. The summed E-state index contributed by atoms with van der Waals surface area (Å²) in [7, 11) is 0. The van der Waals surface area contributed by atoms with E-state index in [9.17, 15) is 4.79 Å². The van der Waals surface area contributed by atoms with Gasteiger partial charge in [-0.05, 0) is 47.4 Å². The summed E-state index contributed by atoms with van der Waals surface area (Å²) in [5.74, 6) is 1.89. The summed E-state index contributed by atoms with van der Waals surface area (Å²) in [6.45, 7) is 6.51. The molecule has 0 saturated heterocycles. The zero-order chi connectivity index (χ0) is 19.7. The first kappa shape index (κ1) is 18.0. The van der Waals surface area contributed by atoms with Crippen LogP contribution in [-0.2, 0) is 5.41 Å². The van der Waals surface area contributed by atoms with Crippen LogP contribution in [-0.4, -0.2) is 9.97 Å². The van der Waals surface area contributed by atoms with Gasteiger partial charge in [-0.15, -0.1) is 0 Å². The molecule has 0 bridgehead atoms. The van der Waals surface area contributed by atoms with E-state index in [1.807, 2.05) is 60.7 Å². The molecule has 0 radical (unpaired) electrons. The Morgan fingerprint density at radius 2 is 1.64 bits per heavy atom. The molecule has 140 valence electrons. The lowest BCUT2D eigenvalue weighted by atomic mass is 9.87. The molecule has 0 spiro atoms. The smallest absolute Gasteiger partial charge is 0.259 e. The molecule has 0 saturated carbocycles. The van der Waals surface area contributed by atoms with Gasteiger partial charge in [-0.3, -0.25) is 4.79 Å². The van der Waals surface area contributed by atoms with Crippen LogP contribution >= 0.6 is 0 Å². The van der Waals surface area contributed by atoms with Crippen molar-refractivity contribution in [2.24, 2.45) is 0 Å². The number of nitrogens with one attached hydrogen (secondary N) is 1. The van der Waals surface area contributed by atoms with E-state index in [1.165, 1.54) is 5.56 Å². The van der Waals surface area contributed by atoms with E-state index in [0.29, 0.717) is 22.5 Å². The molecule has 0 amide bonds. The highest BCUT2D eigenvalue weighted by atomic mass is 16.5. The highest BCUT2D eigenvalue weighted by Gasteiger charge is 2.15. The van der Waals surface area contributed by atoms with Crippen molar-refractivity contribution in [3.63, 3.8) is 0 Å². The first-order valence-electron chi connectivity index (χ1n) is 9.29. The maximum Gasteiger partial charge on any atom is 0.259 e. The van der Waals surface area contributed by atoms with Crippen molar-refractivity contribution >= 4 is 10.9 Å². The highest BCUT2D eigenvalue weighted by molar-refractivity contribution is 5.80. The van der Waals surface area contributed by atoms with Gasteiger partial charge < -0.3 is 9.72 Å². The van der Waals surface area contributed by atoms with Crippen molar-refractivity contribution in [3.8, 4) is 22.9 Å². The first-order chi connectivity index (χ1) is 13.4. The molecule has 4 aromatic rings. The summed E-state index contributed by atoms with van der Waals surface area (Å²) in [4.78, 5) is 20.0. The van der Waals surface area contributed by atoms with Crippen molar-refractivity contribution in [1.29, 1.82) is 0 Å². The lowest BCUT2D eigenvalue weighted by molar-refractivity contribution is 0.480. The van der Waals surface area contributed by atoms with Gasteiger partial charge in [0.25, 0.3) is 5.56 Å². The van der Waals surface area contributed by atoms with E-state index in [4.69, 9.17) is 4.74 Å².